The summed E-state index contributed by atoms with van der Waals surface area (Å²) in [5, 5.41) is 9.44. The summed E-state index contributed by atoms with van der Waals surface area (Å²) in [4.78, 5) is 15.8. The maximum absolute atomic E-state index is 11.6. The van der Waals surface area contributed by atoms with Gasteiger partial charge in [-0.05, 0) is 17.7 Å². The number of fused-ring (bicyclic) bond motifs is 1. The first-order valence-electron chi connectivity index (χ1n) is 4.62. The van der Waals surface area contributed by atoms with Gasteiger partial charge in [-0.3, -0.25) is 14.9 Å². The minimum atomic E-state index is -0.0669. The zero-order valence-corrected chi connectivity index (χ0v) is 7.82. The molecule has 0 spiro atoms. The Balaban J connectivity index is 2.26. The molecule has 1 amide bonds. The smallest absolute Gasteiger partial charge is 0.254 e. The Morgan fingerprint density at radius 3 is 3.00 bits per heavy atom. The summed E-state index contributed by atoms with van der Waals surface area (Å²) in [6.07, 6.45) is 3.35. The molecule has 2 aromatic rings. The van der Waals surface area contributed by atoms with Gasteiger partial charge in [0, 0.05) is 18.9 Å². The van der Waals surface area contributed by atoms with Gasteiger partial charge < -0.3 is 5.32 Å². The number of carbonyl (C=O) groups is 1. The fourth-order valence-electron chi connectivity index (χ4n) is 1.76. The lowest BCUT2D eigenvalue weighted by molar-refractivity contribution is 0.0966. The summed E-state index contributed by atoms with van der Waals surface area (Å²) in [5.74, 6) is -0.0669. The molecule has 5 nitrogen and oxygen atoms in total. The Labute approximate surface area is 85.5 Å². The molecule has 15 heavy (non-hydrogen) atoms. The van der Waals surface area contributed by atoms with Crippen LogP contribution in [0.5, 0.6) is 0 Å². The molecule has 3 heterocycles. The second-order valence-corrected chi connectivity index (χ2v) is 3.35. The Bertz CT molecular complexity index is 518. The van der Waals surface area contributed by atoms with Crippen molar-refractivity contribution < 1.29 is 4.79 Å². The van der Waals surface area contributed by atoms with E-state index >= 15 is 0 Å². The lowest BCUT2D eigenvalue weighted by atomic mass is 10.1. The fourth-order valence-corrected chi connectivity index (χ4v) is 1.76. The van der Waals surface area contributed by atoms with Gasteiger partial charge in [-0.25, -0.2) is 0 Å². The molecule has 5 heteroatoms. The van der Waals surface area contributed by atoms with E-state index in [-0.39, 0.29) is 5.91 Å². The van der Waals surface area contributed by atoms with Crippen LogP contribution in [0.25, 0.3) is 11.4 Å². The number of amides is 1. The highest BCUT2D eigenvalue weighted by atomic mass is 16.1. The van der Waals surface area contributed by atoms with Crippen LogP contribution in [0.1, 0.15) is 15.9 Å². The van der Waals surface area contributed by atoms with Crippen molar-refractivity contribution in [3.63, 3.8) is 0 Å². The number of pyridine rings is 1. The molecule has 0 unspecified atom stereocenters. The molecule has 0 bridgehead atoms. The number of aromatic amines is 1. The average Bonchev–Trinajstić information content (AvgIpc) is 2.88. The van der Waals surface area contributed by atoms with Crippen LogP contribution in [0.4, 0.5) is 0 Å². The van der Waals surface area contributed by atoms with Crippen LogP contribution in [-0.4, -0.2) is 21.1 Å². The number of H-pyrrole nitrogens is 1. The molecule has 0 radical (unpaired) electrons. The molecule has 0 fully saturated rings. The van der Waals surface area contributed by atoms with E-state index in [0.717, 1.165) is 11.3 Å². The van der Waals surface area contributed by atoms with Gasteiger partial charge in [0.2, 0.25) is 0 Å². The summed E-state index contributed by atoms with van der Waals surface area (Å²) in [6, 6.07) is 3.65. The first kappa shape index (κ1) is 8.16. The minimum absolute atomic E-state index is 0.0669. The van der Waals surface area contributed by atoms with E-state index in [1.807, 2.05) is 6.07 Å². The maximum atomic E-state index is 11.6. The predicted octanol–water partition coefficient (Wildman–Crippen LogP) is 0.715. The standard InChI is InChI=1S/C10H8N4O/c15-10-8-6(5-12-10)1-3-11-9(8)7-2-4-13-14-7/h1-4H,5H2,(H,12,15)(H,13,14). The quantitative estimate of drug-likeness (QED) is 0.712. The fraction of sp³-hybridized carbons (Fsp3) is 0.100. The lowest BCUT2D eigenvalue weighted by Crippen LogP contribution is -2.13. The van der Waals surface area contributed by atoms with Crippen LogP contribution in [-0.2, 0) is 6.54 Å². The van der Waals surface area contributed by atoms with Crippen LogP contribution in [0.3, 0.4) is 0 Å². The third kappa shape index (κ3) is 1.13. The zero-order valence-electron chi connectivity index (χ0n) is 7.82. The maximum Gasteiger partial charge on any atom is 0.254 e. The van der Waals surface area contributed by atoms with E-state index in [1.165, 1.54) is 0 Å². The molecule has 0 saturated heterocycles. The summed E-state index contributed by atoms with van der Waals surface area (Å²) >= 11 is 0. The summed E-state index contributed by atoms with van der Waals surface area (Å²) in [5.41, 5.74) is 3.07. The minimum Gasteiger partial charge on any atom is -0.348 e. The molecule has 0 aromatic carbocycles. The highest BCUT2D eigenvalue weighted by Crippen LogP contribution is 2.24. The Morgan fingerprint density at radius 1 is 1.27 bits per heavy atom. The first-order chi connectivity index (χ1) is 7.36. The van der Waals surface area contributed by atoms with Gasteiger partial charge in [0.05, 0.1) is 11.3 Å². The largest absolute Gasteiger partial charge is 0.348 e. The van der Waals surface area contributed by atoms with Crippen molar-refractivity contribution in [2.45, 2.75) is 6.54 Å². The van der Waals surface area contributed by atoms with Gasteiger partial charge in [-0.15, -0.1) is 0 Å². The molecule has 1 aliphatic heterocycles. The van der Waals surface area contributed by atoms with Crippen LogP contribution in [0.15, 0.2) is 24.5 Å². The van der Waals surface area contributed by atoms with E-state index in [2.05, 4.69) is 20.5 Å². The van der Waals surface area contributed by atoms with Crippen molar-refractivity contribution >= 4 is 5.91 Å². The predicted molar refractivity (Wildman–Crippen MR) is 53.0 cm³/mol. The van der Waals surface area contributed by atoms with Gasteiger partial charge >= 0.3 is 0 Å². The summed E-state index contributed by atoms with van der Waals surface area (Å²) in [6.45, 7) is 0.581. The van der Waals surface area contributed by atoms with E-state index < -0.39 is 0 Å². The third-order valence-electron chi connectivity index (χ3n) is 2.46. The van der Waals surface area contributed by atoms with Gasteiger partial charge in [0.25, 0.3) is 5.91 Å². The van der Waals surface area contributed by atoms with Gasteiger partial charge in [0.15, 0.2) is 0 Å². The van der Waals surface area contributed by atoms with Crippen molar-refractivity contribution in [3.05, 3.63) is 35.7 Å². The van der Waals surface area contributed by atoms with Gasteiger partial charge in [-0.1, -0.05) is 0 Å². The van der Waals surface area contributed by atoms with E-state index in [4.69, 9.17) is 0 Å². The third-order valence-corrected chi connectivity index (χ3v) is 2.46. The molecular formula is C10H8N4O. The number of rotatable bonds is 1. The van der Waals surface area contributed by atoms with Crippen LogP contribution >= 0.6 is 0 Å². The number of aromatic nitrogens is 3. The first-order valence-corrected chi connectivity index (χ1v) is 4.62. The number of hydrogen-bond acceptors (Lipinski definition) is 3. The summed E-state index contributed by atoms with van der Waals surface area (Å²) < 4.78 is 0. The molecule has 0 saturated carbocycles. The Hall–Kier alpha value is -2.17. The monoisotopic (exact) mass is 200 g/mol. The highest BCUT2D eigenvalue weighted by molar-refractivity contribution is 6.03. The Morgan fingerprint density at radius 2 is 2.20 bits per heavy atom. The SMILES string of the molecule is O=C1NCc2ccnc(-c3ccn[nH]3)c21. The van der Waals surface area contributed by atoms with Gasteiger partial charge in [-0.2, -0.15) is 5.10 Å². The van der Waals surface area contributed by atoms with E-state index in [1.54, 1.807) is 18.5 Å². The molecule has 74 valence electrons. The summed E-state index contributed by atoms with van der Waals surface area (Å²) in [7, 11) is 0. The van der Waals surface area contributed by atoms with Crippen molar-refractivity contribution in [2.75, 3.05) is 0 Å². The van der Waals surface area contributed by atoms with E-state index in [0.29, 0.717) is 17.8 Å². The molecule has 1 aliphatic rings. The topological polar surface area (TPSA) is 70.7 Å². The second kappa shape index (κ2) is 2.91. The highest BCUT2D eigenvalue weighted by Gasteiger charge is 2.24. The molecular weight excluding hydrogens is 192 g/mol. The van der Waals surface area contributed by atoms with Crippen molar-refractivity contribution in [3.8, 4) is 11.4 Å². The molecule has 2 aromatic heterocycles. The molecule has 3 rings (SSSR count). The molecule has 0 aliphatic carbocycles. The molecule has 2 N–H and O–H groups in total. The Kier molecular flexibility index (Phi) is 1.58. The number of nitrogens with zero attached hydrogens (tertiary/aromatic N) is 2. The second-order valence-electron chi connectivity index (χ2n) is 3.35. The van der Waals surface area contributed by atoms with Gasteiger partial charge in [0.1, 0.15) is 5.69 Å². The molecule has 0 atom stereocenters. The number of nitrogens with one attached hydrogen (secondary N) is 2. The average molecular weight is 200 g/mol. The lowest BCUT2D eigenvalue weighted by Gasteiger charge is -2.01. The van der Waals surface area contributed by atoms with E-state index in [9.17, 15) is 4.79 Å². The number of carbonyl (C=O) groups excluding carboxylic acids is 1. The van der Waals surface area contributed by atoms with Crippen LogP contribution in [0, 0.1) is 0 Å². The van der Waals surface area contributed by atoms with Crippen LogP contribution in [0.2, 0.25) is 0 Å². The normalized spacial score (nSPS) is 13.7. The zero-order chi connectivity index (χ0) is 10.3. The number of hydrogen-bond donors (Lipinski definition) is 2. The van der Waals surface area contributed by atoms with Crippen molar-refractivity contribution in [2.24, 2.45) is 0 Å². The van der Waals surface area contributed by atoms with Crippen molar-refractivity contribution in [1.82, 2.24) is 20.5 Å². The van der Waals surface area contributed by atoms with Crippen LogP contribution < -0.4 is 5.32 Å². The van der Waals surface area contributed by atoms with Crippen molar-refractivity contribution in [1.29, 1.82) is 0 Å².